The summed E-state index contributed by atoms with van der Waals surface area (Å²) in [4.78, 5) is 33.2. The van der Waals surface area contributed by atoms with E-state index in [1.54, 1.807) is 0 Å². The number of rotatable bonds is 7. The van der Waals surface area contributed by atoms with Gasteiger partial charge in [-0.2, -0.15) is 23.1 Å². The lowest BCUT2D eigenvalue weighted by Gasteiger charge is -2.41. The van der Waals surface area contributed by atoms with E-state index in [4.69, 9.17) is 31.8 Å². The van der Waals surface area contributed by atoms with Gasteiger partial charge in [-0.3, -0.25) is 4.79 Å². The van der Waals surface area contributed by atoms with E-state index in [9.17, 15) is 18.0 Å². The minimum atomic E-state index is -4.73. The number of fused-ring (bicyclic) bond motifs is 2. The van der Waals surface area contributed by atoms with Crippen LogP contribution in [0.3, 0.4) is 0 Å². The normalized spacial score (nSPS) is 22.9. The average Bonchev–Trinajstić information content (AvgIpc) is 3.68. The Hall–Kier alpha value is -3.62. The van der Waals surface area contributed by atoms with E-state index in [2.05, 4.69) is 25.1 Å². The third-order valence-corrected chi connectivity index (χ3v) is 10.5. The van der Waals surface area contributed by atoms with Gasteiger partial charge in [0, 0.05) is 37.7 Å². The van der Waals surface area contributed by atoms with Crippen molar-refractivity contribution in [3.63, 3.8) is 0 Å². The van der Waals surface area contributed by atoms with Crippen molar-refractivity contribution in [2.75, 3.05) is 70.2 Å². The summed E-state index contributed by atoms with van der Waals surface area (Å²) in [5.41, 5.74) is 4.85. The number of amides is 1. The largest absolute Gasteiger partial charge is 0.489 e. The van der Waals surface area contributed by atoms with Crippen LogP contribution in [-0.2, 0) is 11.0 Å². The number of pyridine rings is 1. The minimum absolute atomic E-state index is 0.00824. The quantitative estimate of drug-likeness (QED) is 0.366. The number of hydrogen-bond donors (Lipinski definition) is 2. The molecule has 3 fully saturated rings. The Morgan fingerprint density at radius 3 is 2.75 bits per heavy atom. The van der Waals surface area contributed by atoms with E-state index in [1.807, 2.05) is 11.9 Å². The van der Waals surface area contributed by atoms with Crippen LogP contribution in [0.15, 0.2) is 12.1 Å². The van der Waals surface area contributed by atoms with Crippen molar-refractivity contribution >= 4 is 40.0 Å². The lowest BCUT2D eigenvalue weighted by atomic mass is 9.99. The van der Waals surface area contributed by atoms with Crippen LogP contribution in [0.5, 0.6) is 11.8 Å². The summed E-state index contributed by atoms with van der Waals surface area (Å²) in [6.45, 7) is 6.11. The number of carbonyl (C=O) groups is 1. The number of alkyl halides is 3. The molecule has 4 aliphatic heterocycles. The molecular weight excluding hydrogens is 649 g/mol. The van der Waals surface area contributed by atoms with Crippen LogP contribution in [0.4, 0.5) is 24.8 Å². The molecule has 3 aromatic rings. The number of hydrogen-bond acceptors (Lipinski definition) is 10. The first-order valence-corrected chi connectivity index (χ1v) is 17.0. The number of benzene rings is 1. The molecule has 0 saturated carbocycles. The summed E-state index contributed by atoms with van der Waals surface area (Å²) in [5.74, 6) is 1.21. The van der Waals surface area contributed by atoms with E-state index >= 15 is 0 Å². The summed E-state index contributed by atoms with van der Waals surface area (Å²) in [6.07, 6.45) is -0.278. The zero-order valence-corrected chi connectivity index (χ0v) is 27.8. The van der Waals surface area contributed by atoms with Gasteiger partial charge in [-0.05, 0) is 82.9 Å². The standard InChI is InChI=1S/C33H40ClF3N8O3/c1-18-12-24(38)41-29(27(18)33(35,36)37)22-13-23-26-30(28(22)34)47-17-21-15-44(25(46)6-5-19-7-8-39-14-19)10-11-45(21)31(26)42-32(40-23)48-16-20-4-3-9-43(20)2/h12-13,19-21,39H,3-11,14-17H2,1-2H3,(H2,38,41)/t19?,20-,21-/m0/s1. The molecule has 15 heteroatoms. The number of likely N-dealkylation sites (N-methyl/N-ethyl adjacent to an activating group) is 1. The van der Waals surface area contributed by atoms with Crippen LogP contribution in [0.1, 0.15) is 43.2 Å². The summed E-state index contributed by atoms with van der Waals surface area (Å²) < 4.78 is 55.8. The van der Waals surface area contributed by atoms with Gasteiger partial charge >= 0.3 is 12.2 Å². The first-order chi connectivity index (χ1) is 23.0. The zero-order chi connectivity index (χ0) is 33.7. The Labute approximate surface area is 281 Å². The first kappa shape index (κ1) is 32.9. The summed E-state index contributed by atoms with van der Waals surface area (Å²) in [7, 11) is 2.04. The molecule has 0 radical (unpaired) electrons. The van der Waals surface area contributed by atoms with Crippen molar-refractivity contribution in [3.05, 3.63) is 28.3 Å². The highest BCUT2D eigenvalue weighted by Gasteiger charge is 2.40. The fraction of sp³-hybridized carbons (Fsp3) is 0.576. The van der Waals surface area contributed by atoms with E-state index in [0.717, 1.165) is 45.3 Å². The molecule has 0 spiro atoms. The second kappa shape index (κ2) is 13.0. The molecular formula is C33H40ClF3N8O3. The van der Waals surface area contributed by atoms with Crippen LogP contribution in [0.25, 0.3) is 22.2 Å². The van der Waals surface area contributed by atoms with Crippen molar-refractivity contribution in [3.8, 4) is 23.0 Å². The average molecular weight is 689 g/mol. The van der Waals surface area contributed by atoms with Gasteiger partial charge in [-0.25, -0.2) is 4.98 Å². The van der Waals surface area contributed by atoms with Crippen molar-refractivity contribution in [2.24, 2.45) is 5.92 Å². The van der Waals surface area contributed by atoms with Gasteiger partial charge in [0.1, 0.15) is 24.8 Å². The predicted molar refractivity (Wildman–Crippen MR) is 176 cm³/mol. The van der Waals surface area contributed by atoms with Gasteiger partial charge in [-0.15, -0.1) is 0 Å². The van der Waals surface area contributed by atoms with Gasteiger partial charge in [-0.1, -0.05) is 11.6 Å². The topological polar surface area (TPSA) is 122 Å². The molecule has 11 nitrogen and oxygen atoms in total. The molecule has 258 valence electrons. The number of nitrogens with one attached hydrogen (secondary N) is 1. The Balaban J connectivity index is 1.28. The molecule has 3 atom stereocenters. The van der Waals surface area contributed by atoms with Crippen LogP contribution < -0.4 is 25.4 Å². The maximum atomic E-state index is 14.4. The SMILES string of the molecule is Cc1cc(N)nc(-c2cc3nc(OC[C@@H]4CCCN4C)nc4c3c(c2Cl)OC[C@@H]2CN(C(=O)CCC3CCNC3)CCN42)c1C(F)(F)F. The molecule has 1 amide bonds. The van der Waals surface area contributed by atoms with Crippen molar-refractivity contribution in [1.29, 1.82) is 0 Å². The van der Waals surface area contributed by atoms with E-state index < -0.39 is 17.4 Å². The highest BCUT2D eigenvalue weighted by atomic mass is 35.5. The zero-order valence-electron chi connectivity index (χ0n) is 27.1. The second-order valence-electron chi connectivity index (χ2n) is 13.4. The van der Waals surface area contributed by atoms with E-state index in [-0.39, 0.29) is 58.3 Å². The van der Waals surface area contributed by atoms with Crippen molar-refractivity contribution < 1.29 is 27.4 Å². The molecule has 3 saturated heterocycles. The van der Waals surface area contributed by atoms with Gasteiger partial charge in [0.15, 0.2) is 5.75 Å². The van der Waals surface area contributed by atoms with Gasteiger partial charge in [0.2, 0.25) is 5.91 Å². The Bertz CT molecular complexity index is 1720. The summed E-state index contributed by atoms with van der Waals surface area (Å²) in [6, 6.07) is 2.69. The van der Waals surface area contributed by atoms with Crippen LogP contribution in [-0.4, -0.2) is 102 Å². The fourth-order valence-electron chi connectivity index (χ4n) is 7.52. The lowest BCUT2D eigenvalue weighted by Crippen LogP contribution is -2.56. The molecule has 7 rings (SSSR count). The van der Waals surface area contributed by atoms with Gasteiger partial charge < -0.3 is 35.2 Å². The highest BCUT2D eigenvalue weighted by molar-refractivity contribution is 6.36. The van der Waals surface area contributed by atoms with E-state index in [0.29, 0.717) is 55.3 Å². The van der Waals surface area contributed by atoms with Gasteiger partial charge in [0.25, 0.3) is 0 Å². The van der Waals surface area contributed by atoms with Crippen LogP contribution in [0.2, 0.25) is 5.02 Å². The number of aryl methyl sites for hydroxylation is 1. The molecule has 4 aliphatic rings. The summed E-state index contributed by atoms with van der Waals surface area (Å²) >= 11 is 6.96. The number of nitrogen functional groups attached to an aromatic ring is 1. The van der Waals surface area contributed by atoms with E-state index in [1.165, 1.54) is 19.1 Å². The molecule has 3 N–H and O–H groups in total. The summed E-state index contributed by atoms with van der Waals surface area (Å²) in [5, 5.41) is 3.78. The molecule has 1 aromatic carbocycles. The predicted octanol–water partition coefficient (Wildman–Crippen LogP) is 4.53. The van der Waals surface area contributed by atoms with Crippen molar-refractivity contribution in [1.82, 2.24) is 30.1 Å². The molecule has 0 aliphatic carbocycles. The number of nitrogens with two attached hydrogens (primary N) is 1. The highest BCUT2D eigenvalue weighted by Crippen LogP contribution is 2.49. The maximum Gasteiger partial charge on any atom is 0.418 e. The lowest BCUT2D eigenvalue weighted by molar-refractivity contribution is -0.137. The molecule has 48 heavy (non-hydrogen) atoms. The molecule has 1 unspecified atom stereocenters. The Morgan fingerprint density at radius 1 is 1.19 bits per heavy atom. The van der Waals surface area contributed by atoms with Crippen LogP contribution >= 0.6 is 11.6 Å². The Kier molecular flexibility index (Phi) is 8.92. The maximum absolute atomic E-state index is 14.4. The third-order valence-electron chi connectivity index (χ3n) is 10.1. The first-order valence-electron chi connectivity index (χ1n) is 16.6. The number of carbonyl (C=O) groups excluding carboxylic acids is 1. The number of nitrogens with zero attached hydrogens (tertiary/aromatic N) is 6. The smallest absolute Gasteiger partial charge is 0.418 e. The number of likely N-dealkylation sites (tertiary alicyclic amines) is 1. The van der Waals surface area contributed by atoms with Crippen molar-refractivity contribution in [2.45, 2.75) is 57.3 Å². The number of anilines is 2. The monoisotopic (exact) mass is 688 g/mol. The second-order valence-corrected chi connectivity index (χ2v) is 13.7. The third kappa shape index (κ3) is 6.29. The number of halogens is 4. The van der Waals surface area contributed by atoms with Gasteiger partial charge in [0.05, 0.1) is 33.2 Å². The number of ether oxygens (including phenoxy) is 2. The van der Waals surface area contributed by atoms with Crippen LogP contribution in [0, 0.1) is 12.8 Å². The number of piperazine rings is 1. The fourth-order valence-corrected chi connectivity index (χ4v) is 7.81. The molecule has 0 bridgehead atoms. The molecule has 6 heterocycles. The Morgan fingerprint density at radius 2 is 2.02 bits per heavy atom. The minimum Gasteiger partial charge on any atom is -0.489 e. The number of aromatic nitrogens is 3. The molecule has 2 aromatic heterocycles.